The smallest absolute Gasteiger partial charge is 0.354 e. The Morgan fingerprint density at radius 1 is 1.25 bits per heavy atom. The summed E-state index contributed by atoms with van der Waals surface area (Å²) < 4.78 is 40.6. The quantitative estimate of drug-likeness (QED) is 0.695. The van der Waals surface area contributed by atoms with Gasteiger partial charge in [-0.1, -0.05) is 26.0 Å². The minimum absolute atomic E-state index is 0.00982. The lowest BCUT2D eigenvalue weighted by Gasteiger charge is -2.20. The number of alkyl halides is 3. The van der Waals surface area contributed by atoms with Gasteiger partial charge in [0, 0.05) is 6.54 Å². The van der Waals surface area contributed by atoms with Crippen molar-refractivity contribution in [1.82, 2.24) is 19.8 Å². The maximum absolute atomic E-state index is 13.2. The van der Waals surface area contributed by atoms with Crippen molar-refractivity contribution in [3.05, 3.63) is 40.3 Å². The molecule has 0 saturated carbocycles. The first-order chi connectivity index (χ1) is 13.2. The normalized spacial score (nSPS) is 13.1. The average Bonchev–Trinajstić information content (AvgIpc) is 2.66. The number of rotatable bonds is 8. The maximum Gasteiger partial charge on any atom is 0.438 e. The second-order valence-corrected chi connectivity index (χ2v) is 6.47. The van der Waals surface area contributed by atoms with Gasteiger partial charge in [0.25, 0.3) is 5.56 Å². The predicted octanol–water partition coefficient (Wildman–Crippen LogP) is 2.82. The summed E-state index contributed by atoms with van der Waals surface area (Å²) in [6.07, 6.45) is -4.19. The van der Waals surface area contributed by atoms with Gasteiger partial charge in [-0.15, -0.1) is 0 Å². The van der Waals surface area contributed by atoms with Crippen LogP contribution in [0.2, 0.25) is 0 Å². The van der Waals surface area contributed by atoms with E-state index in [1.54, 1.807) is 6.07 Å². The summed E-state index contributed by atoms with van der Waals surface area (Å²) in [5.74, 6) is -0.508. The van der Waals surface area contributed by atoms with Crippen LogP contribution in [-0.2, 0) is 11.0 Å². The zero-order valence-corrected chi connectivity index (χ0v) is 16.2. The number of para-hydroxylation sites is 2. The number of carbonyl (C=O) groups excluding carboxylic acids is 1. The fourth-order valence-corrected chi connectivity index (χ4v) is 3.04. The van der Waals surface area contributed by atoms with E-state index < -0.39 is 29.4 Å². The third kappa shape index (κ3) is 4.89. The molecule has 1 aromatic heterocycles. The van der Waals surface area contributed by atoms with Gasteiger partial charge in [-0.25, -0.2) is 4.98 Å². The Labute approximate surface area is 161 Å². The summed E-state index contributed by atoms with van der Waals surface area (Å²) in [4.78, 5) is 30.6. The van der Waals surface area contributed by atoms with Crippen molar-refractivity contribution in [2.75, 3.05) is 26.2 Å². The van der Waals surface area contributed by atoms with Gasteiger partial charge >= 0.3 is 6.18 Å². The molecule has 0 radical (unpaired) electrons. The molecule has 0 bridgehead atoms. The van der Waals surface area contributed by atoms with Crippen molar-refractivity contribution < 1.29 is 18.0 Å². The fraction of sp³-hybridized carbons (Fsp3) is 0.526. The van der Waals surface area contributed by atoms with Gasteiger partial charge in [-0.3, -0.25) is 14.2 Å². The molecule has 1 heterocycles. The Hall–Kier alpha value is -2.42. The summed E-state index contributed by atoms with van der Waals surface area (Å²) in [6, 6.07) is 4.88. The molecule has 6 nitrogen and oxygen atoms in total. The number of benzene rings is 1. The van der Waals surface area contributed by atoms with Gasteiger partial charge in [-0.05, 0) is 45.1 Å². The molecule has 1 unspecified atom stereocenters. The van der Waals surface area contributed by atoms with Gasteiger partial charge < -0.3 is 10.2 Å². The molecule has 0 aliphatic carbocycles. The van der Waals surface area contributed by atoms with E-state index >= 15 is 0 Å². The van der Waals surface area contributed by atoms with E-state index in [-0.39, 0.29) is 11.0 Å². The largest absolute Gasteiger partial charge is 0.438 e. The zero-order chi connectivity index (χ0) is 20.9. The van der Waals surface area contributed by atoms with E-state index in [0.29, 0.717) is 13.0 Å². The van der Waals surface area contributed by atoms with Crippen LogP contribution in [0.25, 0.3) is 11.0 Å². The third-order valence-corrected chi connectivity index (χ3v) is 4.67. The minimum atomic E-state index is -4.90. The molecule has 2 rings (SSSR count). The molecule has 1 amide bonds. The lowest BCUT2D eigenvalue weighted by Crippen LogP contribution is -2.39. The average molecular weight is 398 g/mol. The Morgan fingerprint density at radius 3 is 2.50 bits per heavy atom. The monoisotopic (exact) mass is 398 g/mol. The number of nitrogens with one attached hydrogen (secondary N) is 1. The van der Waals surface area contributed by atoms with Crippen LogP contribution in [0.4, 0.5) is 13.2 Å². The Kier molecular flexibility index (Phi) is 7.17. The van der Waals surface area contributed by atoms with Crippen LogP contribution in [-0.4, -0.2) is 46.5 Å². The molecule has 1 N–H and O–H groups in total. The molecule has 1 atom stereocenters. The SMILES string of the molecule is CCN(CC)CCCNC(=O)C(C)n1c(=O)c(C(F)(F)F)nc2ccccc21. The highest BCUT2D eigenvalue weighted by atomic mass is 19.4. The first-order valence-electron chi connectivity index (χ1n) is 9.29. The molecule has 0 spiro atoms. The van der Waals surface area contributed by atoms with E-state index in [4.69, 9.17) is 0 Å². The number of amides is 1. The second kappa shape index (κ2) is 9.18. The van der Waals surface area contributed by atoms with Crippen LogP contribution in [0.3, 0.4) is 0 Å². The van der Waals surface area contributed by atoms with Crippen LogP contribution < -0.4 is 10.9 Å². The molecule has 154 valence electrons. The van der Waals surface area contributed by atoms with E-state index in [0.717, 1.165) is 24.2 Å². The molecule has 1 aromatic carbocycles. The summed E-state index contributed by atoms with van der Waals surface area (Å²) in [5, 5.41) is 2.71. The highest BCUT2D eigenvalue weighted by Gasteiger charge is 2.38. The number of carbonyl (C=O) groups is 1. The predicted molar refractivity (Wildman–Crippen MR) is 101 cm³/mol. The van der Waals surface area contributed by atoms with Crippen molar-refractivity contribution in [3.63, 3.8) is 0 Å². The van der Waals surface area contributed by atoms with E-state index in [2.05, 4.69) is 15.2 Å². The van der Waals surface area contributed by atoms with Crippen molar-refractivity contribution in [1.29, 1.82) is 0 Å². The number of fused-ring (bicyclic) bond motifs is 1. The number of halogens is 3. The fourth-order valence-electron chi connectivity index (χ4n) is 3.04. The van der Waals surface area contributed by atoms with Gasteiger partial charge in [0.2, 0.25) is 11.6 Å². The van der Waals surface area contributed by atoms with Crippen LogP contribution in [0.5, 0.6) is 0 Å². The van der Waals surface area contributed by atoms with Crippen molar-refractivity contribution >= 4 is 16.9 Å². The van der Waals surface area contributed by atoms with Crippen molar-refractivity contribution in [3.8, 4) is 0 Å². The second-order valence-electron chi connectivity index (χ2n) is 6.47. The van der Waals surface area contributed by atoms with E-state index in [9.17, 15) is 22.8 Å². The molecule has 0 fully saturated rings. The number of aromatic nitrogens is 2. The molecular formula is C19H25F3N4O2. The molecule has 0 aliphatic heterocycles. The Morgan fingerprint density at radius 2 is 1.89 bits per heavy atom. The number of hydrogen-bond donors (Lipinski definition) is 1. The molecule has 2 aromatic rings. The van der Waals surface area contributed by atoms with Crippen LogP contribution in [0.15, 0.2) is 29.1 Å². The van der Waals surface area contributed by atoms with Crippen molar-refractivity contribution in [2.45, 2.75) is 39.4 Å². The minimum Gasteiger partial charge on any atom is -0.354 e. The van der Waals surface area contributed by atoms with Gasteiger partial charge in [0.15, 0.2) is 0 Å². The summed E-state index contributed by atoms with van der Waals surface area (Å²) in [6.45, 7) is 8.49. The topological polar surface area (TPSA) is 67.2 Å². The standard InChI is InChI=1S/C19H25F3N4O2/c1-4-25(5-2)12-8-11-23-17(27)13(3)26-15-10-7-6-9-14(15)24-16(18(26)28)19(20,21)22/h6-7,9-10,13H,4-5,8,11-12H2,1-3H3,(H,23,27). The lowest BCUT2D eigenvalue weighted by atomic mass is 10.2. The van der Waals surface area contributed by atoms with Gasteiger partial charge in [-0.2, -0.15) is 13.2 Å². The summed E-state index contributed by atoms with van der Waals surface area (Å²) in [7, 11) is 0. The lowest BCUT2D eigenvalue weighted by molar-refractivity contribution is -0.142. The third-order valence-electron chi connectivity index (χ3n) is 4.67. The van der Waals surface area contributed by atoms with E-state index in [1.165, 1.54) is 25.1 Å². The van der Waals surface area contributed by atoms with Crippen molar-refractivity contribution in [2.24, 2.45) is 0 Å². The number of hydrogen-bond acceptors (Lipinski definition) is 4. The highest BCUT2D eigenvalue weighted by molar-refractivity contribution is 5.83. The molecule has 0 saturated heterocycles. The van der Waals surface area contributed by atoms with Crippen LogP contribution in [0, 0.1) is 0 Å². The van der Waals surface area contributed by atoms with Crippen LogP contribution in [0.1, 0.15) is 38.9 Å². The Balaban J connectivity index is 2.27. The van der Waals surface area contributed by atoms with Crippen LogP contribution >= 0.6 is 0 Å². The molecule has 9 heteroatoms. The number of nitrogens with zero attached hydrogens (tertiary/aromatic N) is 3. The zero-order valence-electron chi connectivity index (χ0n) is 16.2. The molecular weight excluding hydrogens is 373 g/mol. The summed E-state index contributed by atoms with van der Waals surface area (Å²) >= 11 is 0. The van der Waals surface area contributed by atoms with Gasteiger partial charge in [0.05, 0.1) is 11.0 Å². The molecule has 28 heavy (non-hydrogen) atoms. The van der Waals surface area contributed by atoms with E-state index in [1.807, 2.05) is 13.8 Å². The Bertz CT molecular complexity index is 876. The maximum atomic E-state index is 13.2. The first-order valence-corrected chi connectivity index (χ1v) is 9.29. The summed E-state index contributed by atoms with van der Waals surface area (Å²) in [5.41, 5.74) is -2.65. The first kappa shape index (κ1) is 21.9. The highest BCUT2D eigenvalue weighted by Crippen LogP contribution is 2.27. The molecule has 0 aliphatic rings. The van der Waals surface area contributed by atoms with Gasteiger partial charge in [0.1, 0.15) is 6.04 Å².